The van der Waals surface area contributed by atoms with Crippen molar-refractivity contribution in [2.75, 3.05) is 11.9 Å². The van der Waals surface area contributed by atoms with Crippen molar-refractivity contribution in [1.29, 1.82) is 0 Å². The Morgan fingerprint density at radius 1 is 1.53 bits per heavy atom. The highest BCUT2D eigenvalue weighted by Gasteiger charge is 2.11. The van der Waals surface area contributed by atoms with Gasteiger partial charge in [0.2, 0.25) is 0 Å². The van der Waals surface area contributed by atoms with E-state index in [2.05, 4.69) is 10.3 Å². The maximum Gasteiger partial charge on any atom is 0.337 e. The van der Waals surface area contributed by atoms with Crippen LogP contribution in [-0.4, -0.2) is 22.6 Å². The molecule has 0 radical (unpaired) electrons. The molecule has 0 aliphatic carbocycles. The molecule has 1 aromatic carbocycles. The maximum absolute atomic E-state index is 13.0. The summed E-state index contributed by atoms with van der Waals surface area (Å²) in [4.78, 5) is 15.3. The molecule has 0 fully saturated rings. The summed E-state index contributed by atoms with van der Waals surface area (Å²) in [6, 6.07) is 3.69. The van der Waals surface area contributed by atoms with Gasteiger partial charge in [0, 0.05) is 29.7 Å². The van der Waals surface area contributed by atoms with Crippen LogP contribution in [0.5, 0.6) is 0 Å². The molecule has 0 saturated heterocycles. The number of nitrogens with zero attached hydrogens (tertiary/aromatic N) is 1. The Morgan fingerprint density at radius 3 is 2.95 bits per heavy atom. The molecule has 1 aromatic heterocycles. The number of carboxylic acid groups (broad SMARTS) is 1. The van der Waals surface area contributed by atoms with Crippen LogP contribution in [0.4, 0.5) is 10.1 Å². The second kappa shape index (κ2) is 5.79. The van der Waals surface area contributed by atoms with Gasteiger partial charge >= 0.3 is 5.97 Å². The fourth-order valence-corrected chi connectivity index (χ4v) is 2.45. The van der Waals surface area contributed by atoms with Crippen molar-refractivity contribution < 1.29 is 14.3 Å². The number of carboxylic acids is 1. The highest BCUT2D eigenvalue weighted by molar-refractivity contribution is 7.09. The van der Waals surface area contributed by atoms with E-state index in [0.29, 0.717) is 18.7 Å². The van der Waals surface area contributed by atoms with Crippen LogP contribution in [0.3, 0.4) is 0 Å². The second-order valence-corrected chi connectivity index (χ2v) is 5.00. The zero-order valence-electron chi connectivity index (χ0n) is 10.3. The van der Waals surface area contributed by atoms with Crippen molar-refractivity contribution in [3.8, 4) is 0 Å². The van der Waals surface area contributed by atoms with Crippen LogP contribution in [0, 0.1) is 12.7 Å². The van der Waals surface area contributed by atoms with Gasteiger partial charge in [-0.15, -0.1) is 11.3 Å². The van der Waals surface area contributed by atoms with E-state index < -0.39 is 11.8 Å². The lowest BCUT2D eigenvalue weighted by atomic mass is 10.1. The molecule has 100 valence electrons. The number of thiazole rings is 1. The molecule has 19 heavy (non-hydrogen) atoms. The first-order valence-corrected chi connectivity index (χ1v) is 6.62. The van der Waals surface area contributed by atoms with Crippen molar-refractivity contribution in [3.05, 3.63) is 45.7 Å². The Labute approximate surface area is 113 Å². The van der Waals surface area contributed by atoms with Crippen LogP contribution in [0.2, 0.25) is 0 Å². The van der Waals surface area contributed by atoms with Crippen molar-refractivity contribution in [1.82, 2.24) is 4.98 Å². The Hall–Kier alpha value is -1.95. The zero-order valence-corrected chi connectivity index (χ0v) is 11.1. The lowest BCUT2D eigenvalue weighted by Crippen LogP contribution is -2.09. The number of rotatable bonds is 5. The van der Waals surface area contributed by atoms with Gasteiger partial charge in [-0.2, -0.15) is 0 Å². The van der Waals surface area contributed by atoms with E-state index in [-0.39, 0.29) is 5.56 Å². The van der Waals surface area contributed by atoms with E-state index in [1.54, 1.807) is 11.3 Å². The van der Waals surface area contributed by atoms with E-state index in [9.17, 15) is 9.18 Å². The van der Waals surface area contributed by atoms with E-state index in [1.165, 1.54) is 12.1 Å². The number of benzene rings is 1. The Morgan fingerprint density at radius 2 is 2.32 bits per heavy atom. The van der Waals surface area contributed by atoms with Crippen LogP contribution in [0.1, 0.15) is 21.1 Å². The Bertz CT molecular complexity index is 598. The predicted molar refractivity (Wildman–Crippen MR) is 72.4 cm³/mol. The van der Waals surface area contributed by atoms with Gasteiger partial charge in [-0.25, -0.2) is 14.2 Å². The molecule has 0 saturated carbocycles. The standard InChI is InChI=1S/C13H13FN2O2S/c1-8-7-19-12(16-8)4-5-15-11-3-2-9(14)6-10(11)13(17)18/h2-3,6-7,15H,4-5H2,1H3,(H,17,18). The van der Waals surface area contributed by atoms with Crippen molar-refractivity contribution >= 4 is 23.0 Å². The Kier molecular flexibility index (Phi) is 4.11. The molecule has 4 nitrogen and oxygen atoms in total. The highest BCUT2D eigenvalue weighted by Crippen LogP contribution is 2.17. The van der Waals surface area contributed by atoms with Crippen LogP contribution in [0.15, 0.2) is 23.6 Å². The third-order valence-corrected chi connectivity index (χ3v) is 3.56. The summed E-state index contributed by atoms with van der Waals surface area (Å²) < 4.78 is 13.0. The molecule has 2 N–H and O–H groups in total. The van der Waals surface area contributed by atoms with E-state index in [0.717, 1.165) is 16.8 Å². The first kappa shape index (κ1) is 13.5. The number of aryl methyl sites for hydroxylation is 1. The van der Waals surface area contributed by atoms with Gasteiger partial charge in [-0.1, -0.05) is 0 Å². The summed E-state index contributed by atoms with van der Waals surface area (Å²) in [7, 11) is 0. The van der Waals surface area contributed by atoms with Crippen molar-refractivity contribution in [2.24, 2.45) is 0 Å². The van der Waals surface area contributed by atoms with Crippen LogP contribution in [0.25, 0.3) is 0 Å². The van der Waals surface area contributed by atoms with Gasteiger partial charge in [0.05, 0.1) is 10.6 Å². The fraction of sp³-hybridized carbons (Fsp3) is 0.231. The number of aromatic carboxylic acids is 1. The predicted octanol–water partition coefficient (Wildman–Crippen LogP) is 2.94. The smallest absolute Gasteiger partial charge is 0.337 e. The molecule has 6 heteroatoms. The number of nitrogens with one attached hydrogen (secondary N) is 1. The normalized spacial score (nSPS) is 10.4. The minimum Gasteiger partial charge on any atom is -0.478 e. The lowest BCUT2D eigenvalue weighted by molar-refractivity contribution is 0.0697. The number of halogens is 1. The Balaban J connectivity index is 2.01. The quantitative estimate of drug-likeness (QED) is 0.884. The first-order valence-electron chi connectivity index (χ1n) is 5.74. The summed E-state index contributed by atoms with van der Waals surface area (Å²) in [5.41, 5.74) is 1.34. The number of anilines is 1. The molecule has 0 aliphatic heterocycles. The topological polar surface area (TPSA) is 62.2 Å². The van der Waals surface area contributed by atoms with Crippen LogP contribution in [-0.2, 0) is 6.42 Å². The minimum absolute atomic E-state index is 0.0599. The highest BCUT2D eigenvalue weighted by atomic mass is 32.1. The van der Waals surface area contributed by atoms with E-state index in [1.807, 2.05) is 12.3 Å². The molecule has 0 amide bonds. The minimum atomic E-state index is -1.15. The third-order valence-electron chi connectivity index (χ3n) is 2.53. The molecule has 2 rings (SSSR count). The van der Waals surface area contributed by atoms with Gasteiger partial charge in [-0.05, 0) is 25.1 Å². The van der Waals surface area contributed by atoms with Crippen molar-refractivity contribution in [3.63, 3.8) is 0 Å². The van der Waals surface area contributed by atoms with Crippen molar-refractivity contribution in [2.45, 2.75) is 13.3 Å². The van der Waals surface area contributed by atoms with Gasteiger partial charge in [0.25, 0.3) is 0 Å². The number of carbonyl (C=O) groups is 1. The molecule has 0 atom stereocenters. The maximum atomic E-state index is 13.0. The number of aromatic nitrogens is 1. The van der Waals surface area contributed by atoms with Crippen LogP contribution >= 0.6 is 11.3 Å². The van der Waals surface area contributed by atoms with Gasteiger partial charge in [0.1, 0.15) is 5.82 Å². The fourth-order valence-electron chi connectivity index (χ4n) is 1.67. The molecule has 1 heterocycles. The van der Waals surface area contributed by atoms with Gasteiger partial charge in [-0.3, -0.25) is 0 Å². The summed E-state index contributed by atoms with van der Waals surface area (Å²) in [6.45, 7) is 2.48. The summed E-state index contributed by atoms with van der Waals surface area (Å²) in [6.07, 6.45) is 0.703. The number of hydrogen-bond donors (Lipinski definition) is 2. The van der Waals surface area contributed by atoms with Gasteiger partial charge in [0.15, 0.2) is 0 Å². The lowest BCUT2D eigenvalue weighted by Gasteiger charge is -2.08. The zero-order chi connectivity index (χ0) is 13.8. The average molecular weight is 280 g/mol. The van der Waals surface area contributed by atoms with Crippen LogP contribution < -0.4 is 5.32 Å². The van der Waals surface area contributed by atoms with Gasteiger partial charge < -0.3 is 10.4 Å². The van der Waals surface area contributed by atoms with E-state index in [4.69, 9.17) is 5.11 Å². The molecule has 0 unspecified atom stereocenters. The molecular weight excluding hydrogens is 267 g/mol. The largest absolute Gasteiger partial charge is 0.478 e. The monoisotopic (exact) mass is 280 g/mol. The molecular formula is C13H13FN2O2S. The third kappa shape index (κ3) is 3.51. The average Bonchev–Trinajstić information content (AvgIpc) is 2.77. The summed E-state index contributed by atoms with van der Waals surface area (Å²) >= 11 is 1.57. The molecule has 0 aliphatic rings. The molecule has 0 spiro atoms. The second-order valence-electron chi connectivity index (χ2n) is 4.05. The molecule has 0 bridgehead atoms. The SMILES string of the molecule is Cc1csc(CCNc2ccc(F)cc2C(=O)O)n1. The summed E-state index contributed by atoms with van der Waals surface area (Å²) in [5.74, 6) is -1.70. The first-order chi connectivity index (χ1) is 9.06. The van der Waals surface area contributed by atoms with E-state index >= 15 is 0 Å². The molecule has 2 aromatic rings. The number of hydrogen-bond acceptors (Lipinski definition) is 4. The summed E-state index contributed by atoms with van der Waals surface area (Å²) in [5, 5.41) is 14.9.